The molecule has 1 aliphatic heterocycles. The summed E-state index contributed by atoms with van der Waals surface area (Å²) >= 11 is 0. The molecule has 0 aromatic rings. The molecule has 0 radical (unpaired) electrons. The van der Waals surface area contributed by atoms with Gasteiger partial charge in [0, 0.05) is 6.04 Å². The first-order valence-electron chi connectivity index (χ1n) is 6.30. The average molecular weight is 291 g/mol. The summed E-state index contributed by atoms with van der Waals surface area (Å²) in [4.78, 5) is 10.9. The molecule has 0 saturated carbocycles. The van der Waals surface area contributed by atoms with Crippen molar-refractivity contribution in [3.8, 4) is 0 Å². The van der Waals surface area contributed by atoms with Crippen molar-refractivity contribution in [3.63, 3.8) is 0 Å². The van der Waals surface area contributed by atoms with Gasteiger partial charge in [0.05, 0.1) is 18.8 Å². The molecule has 1 heterocycles. The molecule has 8 heteroatoms. The first kappa shape index (κ1) is 16.9. The van der Waals surface area contributed by atoms with E-state index in [1.807, 2.05) is 0 Å². The van der Waals surface area contributed by atoms with Crippen LogP contribution in [0.5, 0.6) is 0 Å². The SMILES string of the molecule is CC(C)N[C@H]1[C@H]([C@H](O)[C@H](O)CO)OC(C(=O)O)=C[C@@H]1O. The van der Waals surface area contributed by atoms with Gasteiger partial charge in [-0.2, -0.15) is 0 Å². The average Bonchev–Trinajstić information content (AvgIpc) is 2.38. The summed E-state index contributed by atoms with van der Waals surface area (Å²) in [5.74, 6) is -1.89. The molecule has 0 fully saturated rings. The van der Waals surface area contributed by atoms with Gasteiger partial charge in [0.25, 0.3) is 0 Å². The van der Waals surface area contributed by atoms with Gasteiger partial charge in [-0.1, -0.05) is 13.8 Å². The fourth-order valence-electron chi connectivity index (χ4n) is 2.02. The van der Waals surface area contributed by atoms with Gasteiger partial charge < -0.3 is 35.6 Å². The largest absolute Gasteiger partial charge is 0.479 e. The van der Waals surface area contributed by atoms with Gasteiger partial charge in [0.1, 0.15) is 18.3 Å². The number of ether oxygens (including phenoxy) is 1. The molecule has 5 atom stereocenters. The van der Waals surface area contributed by atoms with Crippen molar-refractivity contribution in [3.05, 3.63) is 11.8 Å². The van der Waals surface area contributed by atoms with Gasteiger partial charge in [-0.05, 0) is 6.08 Å². The zero-order chi connectivity index (χ0) is 15.4. The maximum atomic E-state index is 10.9. The van der Waals surface area contributed by atoms with Crippen LogP contribution in [0.2, 0.25) is 0 Å². The van der Waals surface area contributed by atoms with Gasteiger partial charge >= 0.3 is 5.97 Å². The highest BCUT2D eigenvalue weighted by atomic mass is 16.5. The second-order valence-corrected chi connectivity index (χ2v) is 5.00. The molecule has 8 nitrogen and oxygen atoms in total. The molecule has 0 bridgehead atoms. The normalized spacial score (nSPS) is 29.6. The van der Waals surface area contributed by atoms with Gasteiger partial charge in [-0.25, -0.2) is 4.79 Å². The van der Waals surface area contributed by atoms with E-state index < -0.39 is 48.8 Å². The van der Waals surface area contributed by atoms with Crippen LogP contribution in [0.25, 0.3) is 0 Å². The monoisotopic (exact) mass is 291 g/mol. The second-order valence-electron chi connectivity index (χ2n) is 5.00. The number of aliphatic hydroxyl groups is 4. The van der Waals surface area contributed by atoms with Crippen LogP contribution in [0.4, 0.5) is 0 Å². The van der Waals surface area contributed by atoms with Crippen molar-refractivity contribution in [1.82, 2.24) is 5.32 Å². The Kier molecular flexibility index (Phi) is 5.90. The van der Waals surface area contributed by atoms with E-state index in [1.165, 1.54) is 0 Å². The van der Waals surface area contributed by atoms with Gasteiger partial charge in [0.2, 0.25) is 5.76 Å². The summed E-state index contributed by atoms with van der Waals surface area (Å²) in [5, 5.41) is 50.1. The first-order valence-corrected chi connectivity index (χ1v) is 6.30. The number of hydrogen-bond donors (Lipinski definition) is 6. The molecule has 1 rings (SSSR count). The molecule has 0 aliphatic carbocycles. The minimum atomic E-state index is -1.55. The number of nitrogens with one attached hydrogen (secondary N) is 1. The predicted molar refractivity (Wildman–Crippen MR) is 67.8 cm³/mol. The summed E-state index contributed by atoms with van der Waals surface area (Å²) in [5.41, 5.74) is 0. The molecule has 0 amide bonds. The Balaban J connectivity index is 3.01. The highest BCUT2D eigenvalue weighted by Gasteiger charge is 2.42. The summed E-state index contributed by atoms with van der Waals surface area (Å²) in [6.45, 7) is 2.89. The Labute approximate surface area is 116 Å². The Morgan fingerprint density at radius 3 is 2.50 bits per heavy atom. The molecule has 0 aromatic heterocycles. The van der Waals surface area contributed by atoms with Crippen LogP contribution < -0.4 is 5.32 Å². The Morgan fingerprint density at radius 2 is 2.05 bits per heavy atom. The summed E-state index contributed by atoms with van der Waals surface area (Å²) in [6.07, 6.45) is -4.43. The fraction of sp³-hybridized carbons (Fsp3) is 0.750. The number of aliphatic carboxylic acids is 1. The van der Waals surface area contributed by atoms with Crippen LogP contribution in [-0.2, 0) is 9.53 Å². The third kappa shape index (κ3) is 3.90. The van der Waals surface area contributed by atoms with Crippen LogP contribution in [-0.4, -0.2) is 74.6 Å². The smallest absolute Gasteiger partial charge is 0.370 e. The van der Waals surface area contributed by atoms with Crippen molar-refractivity contribution in [2.24, 2.45) is 0 Å². The third-order valence-corrected chi connectivity index (χ3v) is 2.96. The molecule has 0 aromatic carbocycles. The van der Waals surface area contributed by atoms with Crippen LogP contribution in [0.3, 0.4) is 0 Å². The maximum Gasteiger partial charge on any atom is 0.370 e. The number of aliphatic hydroxyl groups excluding tert-OH is 4. The summed E-state index contributed by atoms with van der Waals surface area (Å²) in [6, 6.07) is -0.881. The maximum absolute atomic E-state index is 10.9. The van der Waals surface area contributed by atoms with E-state index in [1.54, 1.807) is 13.8 Å². The summed E-state index contributed by atoms with van der Waals surface area (Å²) < 4.78 is 5.13. The van der Waals surface area contributed by atoms with Gasteiger partial charge in [0.15, 0.2) is 0 Å². The Bertz CT molecular complexity index is 371. The number of carboxylic acids is 1. The topological polar surface area (TPSA) is 139 Å². The molecule has 0 saturated heterocycles. The van der Waals surface area contributed by atoms with Crippen molar-refractivity contribution in [2.45, 2.75) is 50.3 Å². The third-order valence-electron chi connectivity index (χ3n) is 2.96. The van der Waals surface area contributed by atoms with E-state index in [0.29, 0.717) is 0 Å². The Morgan fingerprint density at radius 1 is 1.45 bits per heavy atom. The van der Waals surface area contributed by atoms with Crippen LogP contribution in [0, 0.1) is 0 Å². The predicted octanol–water partition coefficient (Wildman–Crippen LogP) is -2.20. The molecule has 1 aliphatic rings. The van der Waals surface area contributed by atoms with Crippen LogP contribution in [0.1, 0.15) is 13.8 Å². The lowest BCUT2D eigenvalue weighted by Gasteiger charge is -2.39. The zero-order valence-electron chi connectivity index (χ0n) is 11.3. The zero-order valence-corrected chi connectivity index (χ0v) is 11.3. The first-order chi connectivity index (χ1) is 9.27. The lowest BCUT2D eigenvalue weighted by Crippen LogP contribution is -2.60. The lowest BCUT2D eigenvalue weighted by molar-refractivity contribution is -0.148. The second kappa shape index (κ2) is 7.00. The Hall–Kier alpha value is -1.19. The summed E-state index contributed by atoms with van der Waals surface area (Å²) in [7, 11) is 0. The molecule has 6 N–H and O–H groups in total. The van der Waals surface area contributed by atoms with E-state index in [2.05, 4.69) is 5.32 Å². The van der Waals surface area contributed by atoms with E-state index >= 15 is 0 Å². The highest BCUT2D eigenvalue weighted by molar-refractivity contribution is 5.84. The lowest BCUT2D eigenvalue weighted by atomic mass is 9.93. The number of rotatable bonds is 6. The molecule has 20 heavy (non-hydrogen) atoms. The van der Waals surface area contributed by atoms with E-state index in [0.717, 1.165) is 6.08 Å². The minimum Gasteiger partial charge on any atom is -0.479 e. The van der Waals surface area contributed by atoms with Crippen molar-refractivity contribution >= 4 is 5.97 Å². The number of carboxylic acid groups (broad SMARTS) is 1. The quantitative estimate of drug-likeness (QED) is 0.324. The number of hydrogen-bond acceptors (Lipinski definition) is 7. The highest BCUT2D eigenvalue weighted by Crippen LogP contribution is 2.23. The van der Waals surface area contributed by atoms with Crippen molar-refractivity contribution in [2.75, 3.05) is 6.61 Å². The molecular formula is C12H21NO7. The molecule has 116 valence electrons. The van der Waals surface area contributed by atoms with E-state index in [-0.39, 0.29) is 6.04 Å². The van der Waals surface area contributed by atoms with Gasteiger partial charge in [-0.3, -0.25) is 0 Å². The van der Waals surface area contributed by atoms with Crippen LogP contribution in [0.15, 0.2) is 11.8 Å². The molecule has 0 spiro atoms. The molecular weight excluding hydrogens is 270 g/mol. The number of carbonyl (C=O) groups is 1. The standard InChI is InChI=1S/C12H21NO7/c1-5(2)13-9-6(15)3-8(12(18)19)20-11(9)10(17)7(16)4-14/h3,5-7,9-11,13-17H,4H2,1-2H3,(H,18,19)/t6-,7+,9+,10+,11+/m0/s1. The van der Waals surface area contributed by atoms with E-state index in [9.17, 15) is 20.1 Å². The fourth-order valence-corrected chi connectivity index (χ4v) is 2.02. The minimum absolute atomic E-state index is 0.0704. The van der Waals surface area contributed by atoms with Crippen molar-refractivity contribution in [1.29, 1.82) is 0 Å². The van der Waals surface area contributed by atoms with Gasteiger partial charge in [-0.15, -0.1) is 0 Å². The molecule has 0 unspecified atom stereocenters. The van der Waals surface area contributed by atoms with Crippen LogP contribution >= 0.6 is 0 Å². The van der Waals surface area contributed by atoms with Crippen molar-refractivity contribution < 1.29 is 35.1 Å². The van der Waals surface area contributed by atoms with E-state index in [4.69, 9.17) is 14.9 Å².